The third-order valence-corrected chi connectivity index (χ3v) is 2.87. The topological polar surface area (TPSA) is 69.6 Å². The van der Waals surface area contributed by atoms with E-state index in [1.165, 1.54) is 12.1 Å². The Bertz CT molecular complexity index is 384. The van der Waals surface area contributed by atoms with Crippen molar-refractivity contribution in [2.75, 3.05) is 13.6 Å². The van der Waals surface area contributed by atoms with Gasteiger partial charge in [-0.25, -0.2) is 0 Å². The van der Waals surface area contributed by atoms with E-state index in [0.29, 0.717) is 35.4 Å². The Morgan fingerprint density at radius 1 is 1.47 bits per heavy atom. The van der Waals surface area contributed by atoms with Crippen LogP contribution in [0.4, 0.5) is 0 Å². The molecule has 0 heterocycles. The van der Waals surface area contributed by atoms with Crippen LogP contribution >= 0.6 is 11.6 Å². The second-order valence-electron chi connectivity index (χ2n) is 3.80. The molecule has 17 heavy (non-hydrogen) atoms. The van der Waals surface area contributed by atoms with E-state index in [4.69, 9.17) is 11.6 Å². The van der Waals surface area contributed by atoms with Gasteiger partial charge in [0.1, 0.15) is 12.4 Å². The summed E-state index contributed by atoms with van der Waals surface area (Å²) in [5, 5.41) is 22.9. The molecule has 3 N–H and O–H groups in total. The standard InChI is InChI=1S/C12H16ClNO3/c1-14-5-4-11(16)12(17)9-6-8(7-15)2-3-10(9)13/h2-3,6-7,11-12,14,16-17H,4-5H2,1H3. The highest BCUT2D eigenvalue weighted by atomic mass is 35.5. The zero-order chi connectivity index (χ0) is 12.8. The summed E-state index contributed by atoms with van der Waals surface area (Å²) in [4.78, 5) is 10.6. The molecule has 0 aliphatic carbocycles. The second kappa shape index (κ2) is 6.71. The number of hydrogen-bond acceptors (Lipinski definition) is 4. The molecule has 2 atom stereocenters. The van der Waals surface area contributed by atoms with E-state index in [0.717, 1.165) is 0 Å². The van der Waals surface area contributed by atoms with Gasteiger partial charge in [0, 0.05) is 16.1 Å². The van der Waals surface area contributed by atoms with Crippen molar-refractivity contribution in [3.8, 4) is 0 Å². The highest BCUT2D eigenvalue weighted by Crippen LogP contribution is 2.27. The number of aldehydes is 1. The van der Waals surface area contributed by atoms with Crippen LogP contribution in [0.1, 0.15) is 28.4 Å². The number of hydrogen-bond donors (Lipinski definition) is 3. The molecular formula is C12H16ClNO3. The second-order valence-corrected chi connectivity index (χ2v) is 4.21. The minimum absolute atomic E-state index is 0.339. The van der Waals surface area contributed by atoms with Crippen molar-refractivity contribution < 1.29 is 15.0 Å². The molecule has 0 saturated heterocycles. The van der Waals surface area contributed by atoms with E-state index < -0.39 is 12.2 Å². The smallest absolute Gasteiger partial charge is 0.150 e. The first-order chi connectivity index (χ1) is 8.10. The molecule has 0 amide bonds. The molecule has 0 aliphatic heterocycles. The third kappa shape index (κ3) is 3.78. The van der Waals surface area contributed by atoms with E-state index >= 15 is 0 Å². The van der Waals surface area contributed by atoms with Crippen LogP contribution in [0.15, 0.2) is 18.2 Å². The number of carbonyl (C=O) groups is 1. The highest BCUT2D eigenvalue weighted by Gasteiger charge is 2.20. The van der Waals surface area contributed by atoms with Crippen LogP contribution in [0.2, 0.25) is 5.02 Å². The lowest BCUT2D eigenvalue weighted by Gasteiger charge is -2.19. The van der Waals surface area contributed by atoms with Crippen LogP contribution in [-0.2, 0) is 0 Å². The SMILES string of the molecule is CNCCC(O)C(O)c1cc(C=O)ccc1Cl. The lowest BCUT2D eigenvalue weighted by molar-refractivity contribution is 0.0140. The summed E-state index contributed by atoms with van der Waals surface area (Å²) in [6.45, 7) is 0.587. The molecule has 0 fully saturated rings. The number of halogens is 1. The Labute approximate surface area is 105 Å². The van der Waals surface area contributed by atoms with E-state index in [9.17, 15) is 15.0 Å². The molecule has 0 aromatic heterocycles. The Morgan fingerprint density at radius 3 is 2.76 bits per heavy atom. The minimum Gasteiger partial charge on any atom is -0.390 e. The van der Waals surface area contributed by atoms with Crippen molar-refractivity contribution in [2.24, 2.45) is 0 Å². The molecule has 94 valence electrons. The summed E-state index contributed by atoms with van der Waals surface area (Å²) in [7, 11) is 1.76. The lowest BCUT2D eigenvalue weighted by atomic mass is 10.0. The van der Waals surface area contributed by atoms with Gasteiger partial charge in [-0.3, -0.25) is 4.79 Å². The summed E-state index contributed by atoms with van der Waals surface area (Å²) in [5.41, 5.74) is 0.795. The van der Waals surface area contributed by atoms with E-state index in [-0.39, 0.29) is 0 Å². The van der Waals surface area contributed by atoms with E-state index in [1.54, 1.807) is 13.1 Å². The number of rotatable bonds is 6. The van der Waals surface area contributed by atoms with Crippen molar-refractivity contribution in [1.29, 1.82) is 0 Å². The van der Waals surface area contributed by atoms with Crippen LogP contribution < -0.4 is 5.32 Å². The fourth-order valence-electron chi connectivity index (χ4n) is 1.52. The Balaban J connectivity index is 2.86. The molecule has 5 heteroatoms. The van der Waals surface area contributed by atoms with Crippen LogP contribution in [0.5, 0.6) is 0 Å². The summed E-state index contributed by atoms with van der Waals surface area (Å²) < 4.78 is 0. The first-order valence-electron chi connectivity index (χ1n) is 5.35. The van der Waals surface area contributed by atoms with Gasteiger partial charge < -0.3 is 15.5 Å². The van der Waals surface area contributed by atoms with Gasteiger partial charge in [0.05, 0.1) is 6.10 Å². The maximum atomic E-state index is 10.6. The van der Waals surface area contributed by atoms with Crippen molar-refractivity contribution >= 4 is 17.9 Å². The average Bonchev–Trinajstić information content (AvgIpc) is 2.35. The largest absolute Gasteiger partial charge is 0.390 e. The molecule has 4 nitrogen and oxygen atoms in total. The van der Waals surface area contributed by atoms with Gasteiger partial charge in [0.15, 0.2) is 0 Å². The van der Waals surface area contributed by atoms with Crippen LogP contribution in [0.3, 0.4) is 0 Å². The molecule has 1 aromatic rings. The lowest BCUT2D eigenvalue weighted by Crippen LogP contribution is -2.23. The van der Waals surface area contributed by atoms with Gasteiger partial charge >= 0.3 is 0 Å². The van der Waals surface area contributed by atoms with Crippen molar-refractivity contribution in [3.05, 3.63) is 34.3 Å². The van der Waals surface area contributed by atoms with Crippen LogP contribution in [0, 0.1) is 0 Å². The molecular weight excluding hydrogens is 242 g/mol. The summed E-state index contributed by atoms with van der Waals surface area (Å²) in [5.74, 6) is 0. The molecule has 0 aliphatic rings. The Kier molecular flexibility index (Phi) is 5.58. The molecule has 1 aromatic carbocycles. The molecule has 1 rings (SSSR count). The number of aliphatic hydroxyl groups excluding tert-OH is 2. The molecule has 0 spiro atoms. The molecule has 0 saturated carbocycles. The summed E-state index contributed by atoms with van der Waals surface area (Å²) >= 11 is 5.92. The van der Waals surface area contributed by atoms with E-state index in [1.807, 2.05) is 0 Å². The van der Waals surface area contributed by atoms with Crippen molar-refractivity contribution in [3.63, 3.8) is 0 Å². The fraction of sp³-hybridized carbons (Fsp3) is 0.417. The van der Waals surface area contributed by atoms with Crippen LogP contribution in [-0.4, -0.2) is 36.2 Å². The Morgan fingerprint density at radius 2 is 2.18 bits per heavy atom. The maximum absolute atomic E-state index is 10.6. The Hall–Kier alpha value is -0.940. The van der Waals surface area contributed by atoms with Gasteiger partial charge in [-0.2, -0.15) is 0 Å². The van der Waals surface area contributed by atoms with E-state index in [2.05, 4.69) is 5.32 Å². The number of aliphatic hydroxyl groups is 2. The number of carbonyl (C=O) groups excluding carboxylic acids is 1. The monoisotopic (exact) mass is 257 g/mol. The predicted octanol–water partition coefficient (Wildman–Crippen LogP) is 1.16. The fourth-order valence-corrected chi connectivity index (χ4v) is 1.75. The van der Waals surface area contributed by atoms with Crippen molar-refractivity contribution in [2.45, 2.75) is 18.6 Å². The van der Waals surface area contributed by atoms with Gasteiger partial charge in [-0.15, -0.1) is 0 Å². The molecule has 2 unspecified atom stereocenters. The first kappa shape index (κ1) is 14.1. The predicted molar refractivity (Wildman–Crippen MR) is 66.3 cm³/mol. The quantitative estimate of drug-likeness (QED) is 0.669. The summed E-state index contributed by atoms with van der Waals surface area (Å²) in [6.07, 6.45) is -0.927. The van der Waals surface area contributed by atoms with Gasteiger partial charge in [-0.05, 0) is 32.1 Å². The van der Waals surface area contributed by atoms with Crippen LogP contribution in [0.25, 0.3) is 0 Å². The van der Waals surface area contributed by atoms with Crippen molar-refractivity contribution in [1.82, 2.24) is 5.32 Å². The zero-order valence-corrected chi connectivity index (χ0v) is 10.3. The minimum atomic E-state index is -1.09. The number of benzene rings is 1. The zero-order valence-electron chi connectivity index (χ0n) is 9.56. The highest BCUT2D eigenvalue weighted by molar-refractivity contribution is 6.31. The van der Waals surface area contributed by atoms with Gasteiger partial charge in [-0.1, -0.05) is 17.7 Å². The summed E-state index contributed by atoms with van der Waals surface area (Å²) in [6, 6.07) is 4.59. The van der Waals surface area contributed by atoms with Gasteiger partial charge in [0.2, 0.25) is 0 Å². The maximum Gasteiger partial charge on any atom is 0.150 e. The van der Waals surface area contributed by atoms with Gasteiger partial charge in [0.25, 0.3) is 0 Å². The normalized spacial score (nSPS) is 14.4. The molecule has 0 bridgehead atoms. The number of nitrogens with one attached hydrogen (secondary N) is 1. The third-order valence-electron chi connectivity index (χ3n) is 2.53. The molecule has 0 radical (unpaired) electrons. The average molecular weight is 258 g/mol. The first-order valence-corrected chi connectivity index (χ1v) is 5.73.